The molecule has 1 aromatic rings. The molecule has 5 heteroatoms. The van der Waals surface area contributed by atoms with Crippen LogP contribution < -0.4 is 16.2 Å². The number of nitrogens with zero attached hydrogens (tertiary/aromatic N) is 2. The number of nitrogens with two attached hydrogens (primary N) is 1. The Labute approximate surface area is 132 Å². The Balaban J connectivity index is 1.92. The zero-order chi connectivity index (χ0) is 15.9. The number of allylic oxidation sites excluding steroid dienone is 4. The number of amides is 1. The van der Waals surface area contributed by atoms with Crippen LogP contribution >= 0.6 is 0 Å². The number of hydrogen-bond donors (Lipinski definition) is 2. The lowest BCUT2D eigenvalue weighted by atomic mass is 10.2. The summed E-state index contributed by atoms with van der Waals surface area (Å²) in [5, 5.41) is 4.41. The third-order valence-electron chi connectivity index (χ3n) is 3.63. The summed E-state index contributed by atoms with van der Waals surface area (Å²) in [7, 11) is 4.07. The number of benzene rings is 1. The molecule has 0 bridgehead atoms. The highest BCUT2D eigenvalue weighted by Crippen LogP contribution is 2.17. The van der Waals surface area contributed by atoms with Crippen LogP contribution in [0.5, 0.6) is 0 Å². The summed E-state index contributed by atoms with van der Waals surface area (Å²) >= 11 is 0. The molecule has 1 aliphatic rings. The smallest absolute Gasteiger partial charge is 0.245 e. The van der Waals surface area contributed by atoms with Gasteiger partial charge in [0.25, 0.3) is 0 Å². The quantitative estimate of drug-likeness (QED) is 0.645. The van der Waals surface area contributed by atoms with Crippen LogP contribution in [0.1, 0.15) is 19.3 Å². The molecule has 0 fully saturated rings. The molecule has 5 nitrogen and oxygen atoms in total. The van der Waals surface area contributed by atoms with E-state index >= 15 is 0 Å². The minimum absolute atomic E-state index is 0.0979. The first kappa shape index (κ1) is 16.1. The van der Waals surface area contributed by atoms with Crippen molar-refractivity contribution in [3.63, 3.8) is 0 Å². The number of carbonyl (C=O) groups is 1. The van der Waals surface area contributed by atoms with E-state index in [1.54, 1.807) is 0 Å². The summed E-state index contributed by atoms with van der Waals surface area (Å²) in [5.41, 5.74) is 3.04. The molecule has 0 saturated carbocycles. The second kappa shape index (κ2) is 7.66. The van der Waals surface area contributed by atoms with E-state index in [1.165, 1.54) is 10.7 Å². The standard InChI is InChI=1S/C17H24N4O/c1-20(2)15-10-6-7-14(11-12-15)19-17(22)13-21(18)16-8-4-3-5-9-16/h3-5,8-9,11-12H,6-7,10,13,18H2,1-2H3,(H,19,22). The fourth-order valence-corrected chi connectivity index (χ4v) is 2.38. The average Bonchev–Trinajstić information content (AvgIpc) is 2.73. The minimum atomic E-state index is -0.0979. The highest BCUT2D eigenvalue weighted by atomic mass is 16.2. The Kier molecular flexibility index (Phi) is 5.61. The summed E-state index contributed by atoms with van der Waals surface area (Å²) in [5.74, 6) is 5.83. The number of rotatable bonds is 5. The van der Waals surface area contributed by atoms with Gasteiger partial charge in [-0.05, 0) is 43.5 Å². The van der Waals surface area contributed by atoms with Crippen molar-refractivity contribution in [3.05, 3.63) is 53.9 Å². The van der Waals surface area contributed by atoms with Gasteiger partial charge in [-0.15, -0.1) is 0 Å². The third-order valence-corrected chi connectivity index (χ3v) is 3.63. The van der Waals surface area contributed by atoms with Crippen molar-refractivity contribution in [1.29, 1.82) is 0 Å². The maximum atomic E-state index is 12.1. The molecule has 22 heavy (non-hydrogen) atoms. The normalized spacial score (nSPS) is 14.5. The first-order chi connectivity index (χ1) is 10.6. The molecule has 0 radical (unpaired) electrons. The predicted octanol–water partition coefficient (Wildman–Crippen LogP) is 2.00. The molecule has 1 amide bonds. The molecule has 0 atom stereocenters. The van der Waals surface area contributed by atoms with Crippen molar-refractivity contribution < 1.29 is 4.79 Å². The van der Waals surface area contributed by atoms with E-state index in [0.717, 1.165) is 30.6 Å². The van der Waals surface area contributed by atoms with Crippen LogP contribution in [0.15, 0.2) is 53.9 Å². The van der Waals surface area contributed by atoms with Crippen molar-refractivity contribution in [2.45, 2.75) is 19.3 Å². The molecule has 0 aromatic heterocycles. The average molecular weight is 300 g/mol. The predicted molar refractivity (Wildman–Crippen MR) is 89.8 cm³/mol. The Morgan fingerprint density at radius 1 is 1.18 bits per heavy atom. The van der Waals surface area contributed by atoms with Crippen molar-refractivity contribution in [3.8, 4) is 0 Å². The maximum Gasteiger partial charge on any atom is 0.245 e. The minimum Gasteiger partial charge on any atom is -0.381 e. The van der Waals surface area contributed by atoms with Gasteiger partial charge < -0.3 is 15.2 Å². The molecule has 3 N–H and O–H groups in total. The van der Waals surface area contributed by atoms with Crippen molar-refractivity contribution in [1.82, 2.24) is 10.2 Å². The van der Waals surface area contributed by atoms with Gasteiger partial charge in [-0.25, -0.2) is 5.84 Å². The SMILES string of the molecule is CN(C)C1=CC=C(NC(=O)CN(N)c2ccccc2)CCC1. The fourth-order valence-electron chi connectivity index (χ4n) is 2.38. The Morgan fingerprint density at radius 3 is 2.59 bits per heavy atom. The number of nitrogens with one attached hydrogen (secondary N) is 1. The summed E-state index contributed by atoms with van der Waals surface area (Å²) in [6.07, 6.45) is 6.98. The molecule has 0 heterocycles. The number of anilines is 1. The summed E-state index contributed by atoms with van der Waals surface area (Å²) in [6, 6.07) is 9.47. The molecular formula is C17H24N4O. The molecular weight excluding hydrogens is 276 g/mol. The van der Waals surface area contributed by atoms with E-state index in [2.05, 4.69) is 16.3 Å². The molecule has 0 saturated heterocycles. The van der Waals surface area contributed by atoms with Crippen molar-refractivity contribution in [2.75, 3.05) is 25.6 Å². The van der Waals surface area contributed by atoms with Crippen LogP contribution in [0, 0.1) is 0 Å². The van der Waals surface area contributed by atoms with Crippen molar-refractivity contribution in [2.24, 2.45) is 5.84 Å². The summed E-state index contributed by atoms with van der Waals surface area (Å²) in [6.45, 7) is 0.131. The van der Waals surface area contributed by atoms with Crippen LogP contribution in [0.25, 0.3) is 0 Å². The first-order valence-corrected chi connectivity index (χ1v) is 7.50. The molecule has 118 valence electrons. The van der Waals surface area contributed by atoms with Gasteiger partial charge in [-0.2, -0.15) is 0 Å². The largest absolute Gasteiger partial charge is 0.381 e. The molecule has 1 aromatic carbocycles. The van der Waals surface area contributed by atoms with Gasteiger partial charge in [0.2, 0.25) is 5.91 Å². The van der Waals surface area contributed by atoms with Gasteiger partial charge in [0, 0.05) is 25.5 Å². The second-order valence-corrected chi connectivity index (χ2v) is 5.61. The van der Waals surface area contributed by atoms with E-state index in [1.807, 2.05) is 50.5 Å². The van der Waals surface area contributed by atoms with Gasteiger partial charge in [-0.1, -0.05) is 18.2 Å². The molecule has 2 rings (SSSR count). The molecule has 0 unspecified atom stereocenters. The van der Waals surface area contributed by atoms with Crippen LogP contribution in [-0.2, 0) is 4.79 Å². The second-order valence-electron chi connectivity index (χ2n) is 5.61. The van der Waals surface area contributed by atoms with Crippen LogP contribution in [0.2, 0.25) is 0 Å². The van der Waals surface area contributed by atoms with E-state index in [9.17, 15) is 4.79 Å². The van der Waals surface area contributed by atoms with E-state index in [4.69, 9.17) is 5.84 Å². The lowest BCUT2D eigenvalue weighted by molar-refractivity contribution is -0.119. The van der Waals surface area contributed by atoms with Gasteiger partial charge in [0.15, 0.2) is 0 Å². The zero-order valence-electron chi connectivity index (χ0n) is 13.2. The summed E-state index contributed by atoms with van der Waals surface area (Å²) in [4.78, 5) is 14.2. The van der Waals surface area contributed by atoms with E-state index in [0.29, 0.717) is 0 Å². The van der Waals surface area contributed by atoms with E-state index < -0.39 is 0 Å². The summed E-state index contributed by atoms with van der Waals surface area (Å²) < 4.78 is 0. The zero-order valence-corrected chi connectivity index (χ0v) is 13.2. The molecule has 1 aliphatic carbocycles. The van der Waals surface area contributed by atoms with Crippen molar-refractivity contribution >= 4 is 11.6 Å². The lowest BCUT2D eigenvalue weighted by Crippen LogP contribution is -2.41. The molecule has 0 spiro atoms. The maximum absolute atomic E-state index is 12.1. The highest BCUT2D eigenvalue weighted by Gasteiger charge is 2.11. The highest BCUT2D eigenvalue weighted by molar-refractivity contribution is 5.82. The Bertz CT molecular complexity index is 563. The van der Waals surface area contributed by atoms with Crippen LogP contribution in [-0.4, -0.2) is 31.4 Å². The Hall–Kier alpha value is -2.27. The topological polar surface area (TPSA) is 61.6 Å². The molecule has 0 aliphatic heterocycles. The van der Waals surface area contributed by atoms with E-state index in [-0.39, 0.29) is 12.5 Å². The third kappa shape index (κ3) is 4.63. The van der Waals surface area contributed by atoms with Gasteiger partial charge in [-0.3, -0.25) is 4.79 Å². The number of hydrogen-bond acceptors (Lipinski definition) is 4. The number of hydrazine groups is 1. The van der Waals surface area contributed by atoms with Gasteiger partial charge >= 0.3 is 0 Å². The van der Waals surface area contributed by atoms with Gasteiger partial charge in [0.05, 0.1) is 5.69 Å². The monoisotopic (exact) mass is 300 g/mol. The van der Waals surface area contributed by atoms with Crippen LogP contribution in [0.3, 0.4) is 0 Å². The van der Waals surface area contributed by atoms with Crippen LogP contribution in [0.4, 0.5) is 5.69 Å². The number of para-hydroxylation sites is 1. The lowest BCUT2D eigenvalue weighted by Gasteiger charge is -2.18. The first-order valence-electron chi connectivity index (χ1n) is 7.50. The van der Waals surface area contributed by atoms with Gasteiger partial charge in [0.1, 0.15) is 6.54 Å². The number of carbonyl (C=O) groups excluding carboxylic acids is 1. The Morgan fingerprint density at radius 2 is 1.91 bits per heavy atom. The fraction of sp³-hybridized carbons (Fsp3) is 0.353.